The van der Waals surface area contributed by atoms with Crippen molar-refractivity contribution in [2.24, 2.45) is 11.3 Å². The predicted molar refractivity (Wildman–Crippen MR) is 113 cm³/mol. The smallest absolute Gasteiger partial charge is 0.291 e. The molecule has 0 radical (unpaired) electrons. The summed E-state index contributed by atoms with van der Waals surface area (Å²) in [5.74, 6) is -0.874. The molecule has 1 spiro atoms. The maximum atomic E-state index is 13.6. The molecule has 4 rings (SSSR count). The van der Waals surface area contributed by atoms with E-state index in [0.717, 1.165) is 10.0 Å². The van der Waals surface area contributed by atoms with Crippen molar-refractivity contribution < 1.29 is 18.0 Å². The lowest BCUT2D eigenvalue weighted by Gasteiger charge is -2.18. The van der Waals surface area contributed by atoms with Crippen LogP contribution in [0.4, 0.5) is 0 Å². The number of ketones is 1. The fourth-order valence-electron chi connectivity index (χ4n) is 4.99. The van der Waals surface area contributed by atoms with Crippen molar-refractivity contribution in [3.05, 3.63) is 70.2 Å². The van der Waals surface area contributed by atoms with Crippen LogP contribution in [0.25, 0.3) is 5.53 Å². The van der Waals surface area contributed by atoms with Crippen LogP contribution in [-0.2, 0) is 14.6 Å². The molecule has 2 aliphatic carbocycles. The first-order chi connectivity index (χ1) is 13.8. The van der Waals surface area contributed by atoms with Crippen LogP contribution < -0.4 is 0 Å². The van der Waals surface area contributed by atoms with Crippen molar-refractivity contribution in [3.63, 3.8) is 0 Å². The summed E-state index contributed by atoms with van der Waals surface area (Å²) in [6, 6.07) is 15.6. The minimum atomic E-state index is -3.76. The number of carbonyl (C=O) groups is 1. The molecule has 2 aromatic rings. The fraction of sp³-hybridized carbons (Fsp3) is 0.364. The third kappa shape index (κ3) is 3.12. The van der Waals surface area contributed by atoms with Gasteiger partial charge in [0.05, 0.1) is 16.1 Å². The minimum absolute atomic E-state index is 0.0175. The van der Waals surface area contributed by atoms with E-state index in [-0.39, 0.29) is 28.7 Å². The Hall–Kier alpha value is -2.08. The van der Waals surface area contributed by atoms with Crippen LogP contribution in [0.3, 0.4) is 0 Å². The molecule has 0 amide bonds. The van der Waals surface area contributed by atoms with E-state index < -0.39 is 26.4 Å². The van der Waals surface area contributed by atoms with Crippen LogP contribution in [0, 0.1) is 11.3 Å². The molecule has 29 heavy (non-hydrogen) atoms. The zero-order chi connectivity index (χ0) is 20.8. The van der Waals surface area contributed by atoms with Crippen molar-refractivity contribution >= 4 is 37.3 Å². The van der Waals surface area contributed by atoms with Gasteiger partial charge >= 0.3 is 0 Å². The van der Waals surface area contributed by atoms with Crippen LogP contribution in [0.1, 0.15) is 37.7 Å². The number of halogens is 1. The van der Waals surface area contributed by atoms with Gasteiger partial charge in [0, 0.05) is 10.4 Å². The molecule has 4 atom stereocenters. The van der Waals surface area contributed by atoms with Crippen LogP contribution in [-0.4, -0.2) is 30.0 Å². The van der Waals surface area contributed by atoms with E-state index in [1.807, 2.05) is 31.2 Å². The third-order valence-electron chi connectivity index (χ3n) is 6.42. The molecule has 0 aliphatic heterocycles. The predicted octanol–water partition coefficient (Wildman–Crippen LogP) is 4.44. The molecule has 150 valence electrons. The van der Waals surface area contributed by atoms with Crippen molar-refractivity contribution in [2.75, 3.05) is 0 Å². The lowest BCUT2D eigenvalue weighted by atomic mass is 9.79. The first kappa shape index (κ1) is 20.2. The van der Waals surface area contributed by atoms with E-state index in [2.05, 4.69) is 20.7 Å². The van der Waals surface area contributed by atoms with Gasteiger partial charge in [-0.25, -0.2) is 8.42 Å². The summed E-state index contributed by atoms with van der Waals surface area (Å²) in [6.07, 6.45) is 1.32. The van der Waals surface area contributed by atoms with E-state index in [1.165, 1.54) is 0 Å². The summed E-state index contributed by atoms with van der Waals surface area (Å²) >= 11 is 3.44. The van der Waals surface area contributed by atoms with Gasteiger partial charge in [-0.2, -0.15) is 4.79 Å². The Morgan fingerprint density at radius 1 is 1.14 bits per heavy atom. The van der Waals surface area contributed by atoms with Crippen molar-refractivity contribution in [2.45, 2.75) is 42.2 Å². The number of rotatable bonds is 3. The Labute approximate surface area is 178 Å². The largest absolute Gasteiger partial charge is 0.362 e. The standard InChI is InChI=1S/C22H21BrN2O3S/c1-14-10-11-22(21(14)26)13-18(29(27,28)17-8-3-2-4-9-17)19(20(22)25-24)15-6-5-7-16(23)12-15/h2-9,12,14,18-19H,10-11,13H2,1H3. The first-order valence-corrected chi connectivity index (χ1v) is 12.0. The molecule has 0 saturated heterocycles. The Balaban J connectivity index is 1.93. The summed E-state index contributed by atoms with van der Waals surface area (Å²) in [4.78, 5) is 16.9. The molecule has 0 N–H and O–H groups in total. The highest BCUT2D eigenvalue weighted by Crippen LogP contribution is 2.55. The van der Waals surface area contributed by atoms with Crippen LogP contribution in [0.2, 0.25) is 0 Å². The molecule has 7 heteroatoms. The number of hydrogen-bond acceptors (Lipinski definition) is 3. The molecular weight excluding hydrogens is 452 g/mol. The minimum Gasteiger partial charge on any atom is -0.362 e. The number of Topliss-reactive ketones (excluding diaryl/α,β-unsaturated/α-hetero) is 1. The summed E-state index contributed by atoms with van der Waals surface area (Å²) in [5, 5.41) is -0.876. The molecule has 0 heterocycles. The highest BCUT2D eigenvalue weighted by molar-refractivity contribution is 9.10. The molecule has 0 aromatic heterocycles. The quantitative estimate of drug-likeness (QED) is 0.488. The number of sulfone groups is 1. The van der Waals surface area contributed by atoms with E-state index in [4.69, 9.17) is 0 Å². The molecule has 2 aliphatic rings. The second-order valence-electron chi connectivity index (χ2n) is 8.00. The van der Waals surface area contributed by atoms with Crippen molar-refractivity contribution in [1.82, 2.24) is 0 Å². The van der Waals surface area contributed by atoms with Gasteiger partial charge in [0.15, 0.2) is 15.6 Å². The maximum Gasteiger partial charge on any atom is 0.291 e. The monoisotopic (exact) mass is 472 g/mol. The van der Waals surface area contributed by atoms with E-state index in [9.17, 15) is 18.7 Å². The van der Waals surface area contributed by atoms with Gasteiger partial charge in [-0.15, -0.1) is 0 Å². The summed E-state index contributed by atoms with van der Waals surface area (Å²) in [7, 11) is -3.76. The van der Waals surface area contributed by atoms with E-state index >= 15 is 0 Å². The molecule has 0 bridgehead atoms. The van der Waals surface area contributed by atoms with Crippen molar-refractivity contribution in [1.29, 1.82) is 0 Å². The van der Waals surface area contributed by atoms with E-state index in [0.29, 0.717) is 12.8 Å². The van der Waals surface area contributed by atoms with Gasteiger partial charge in [-0.1, -0.05) is 53.2 Å². The second kappa shape index (κ2) is 7.31. The van der Waals surface area contributed by atoms with Gasteiger partial charge in [-0.05, 0) is 49.1 Å². The van der Waals surface area contributed by atoms with Gasteiger partial charge < -0.3 is 5.53 Å². The summed E-state index contributed by atoms with van der Waals surface area (Å²) in [6.45, 7) is 1.86. The zero-order valence-corrected chi connectivity index (χ0v) is 18.4. The van der Waals surface area contributed by atoms with Crippen molar-refractivity contribution in [3.8, 4) is 0 Å². The van der Waals surface area contributed by atoms with Crippen LogP contribution >= 0.6 is 15.9 Å². The average Bonchev–Trinajstić information content (AvgIpc) is 3.21. The van der Waals surface area contributed by atoms with Gasteiger partial charge in [0.1, 0.15) is 5.41 Å². The third-order valence-corrected chi connectivity index (χ3v) is 9.07. The molecule has 2 fully saturated rings. The number of carbonyl (C=O) groups excluding carboxylic acids is 1. The summed E-state index contributed by atoms with van der Waals surface area (Å²) in [5.41, 5.74) is 9.97. The summed E-state index contributed by atoms with van der Waals surface area (Å²) < 4.78 is 28.1. The fourth-order valence-corrected chi connectivity index (χ4v) is 7.44. The lowest BCUT2D eigenvalue weighted by Crippen LogP contribution is -2.34. The van der Waals surface area contributed by atoms with Crippen LogP contribution in [0.15, 0.2) is 64.0 Å². The Morgan fingerprint density at radius 2 is 1.86 bits per heavy atom. The van der Waals surface area contributed by atoms with Gasteiger partial charge in [0.2, 0.25) is 0 Å². The highest BCUT2D eigenvalue weighted by atomic mass is 79.9. The second-order valence-corrected chi connectivity index (χ2v) is 11.1. The first-order valence-electron chi connectivity index (χ1n) is 9.62. The number of benzene rings is 2. The Kier molecular flexibility index (Phi) is 5.09. The van der Waals surface area contributed by atoms with Crippen LogP contribution in [0.5, 0.6) is 0 Å². The SMILES string of the molecule is CC1CCC2(CC(S(=O)(=O)c3ccccc3)C(c3cccc(Br)c3)C2=[N+]=[N-])C1=O. The van der Waals surface area contributed by atoms with Gasteiger partial charge in [0.25, 0.3) is 5.71 Å². The molecule has 2 saturated carbocycles. The van der Waals surface area contributed by atoms with E-state index in [1.54, 1.807) is 30.3 Å². The average molecular weight is 473 g/mol. The Morgan fingerprint density at radius 3 is 2.45 bits per heavy atom. The zero-order valence-electron chi connectivity index (χ0n) is 16.0. The highest BCUT2D eigenvalue weighted by Gasteiger charge is 2.66. The molecule has 4 unspecified atom stereocenters. The Bertz CT molecular complexity index is 1130. The molecular formula is C22H21BrN2O3S. The number of hydrogen-bond donors (Lipinski definition) is 0. The molecule has 2 aromatic carbocycles. The molecule has 5 nitrogen and oxygen atoms in total. The van der Waals surface area contributed by atoms with Gasteiger partial charge in [-0.3, -0.25) is 4.79 Å². The maximum absolute atomic E-state index is 13.6. The lowest BCUT2D eigenvalue weighted by molar-refractivity contribution is -0.127. The topological polar surface area (TPSA) is 87.6 Å². The number of nitrogens with zero attached hydrogens (tertiary/aromatic N) is 2. The normalized spacial score (nSPS) is 29.4.